The van der Waals surface area contributed by atoms with E-state index in [9.17, 15) is 24.3 Å². The molecule has 11 nitrogen and oxygen atoms in total. The van der Waals surface area contributed by atoms with Gasteiger partial charge in [-0.2, -0.15) is 0 Å². The van der Waals surface area contributed by atoms with Crippen molar-refractivity contribution in [2.24, 2.45) is 5.92 Å². The summed E-state index contributed by atoms with van der Waals surface area (Å²) < 4.78 is 4.88. The summed E-state index contributed by atoms with van der Waals surface area (Å²) >= 11 is 0. The lowest BCUT2D eigenvalue weighted by molar-refractivity contribution is -0.137. The number of hydrogen-bond acceptors (Lipinski definition) is 7. The van der Waals surface area contributed by atoms with E-state index in [0.717, 1.165) is 36.9 Å². The third kappa shape index (κ3) is 7.78. The van der Waals surface area contributed by atoms with Crippen LogP contribution in [-0.2, 0) is 14.3 Å². The van der Waals surface area contributed by atoms with Crippen LogP contribution in [0, 0.1) is 5.92 Å². The summed E-state index contributed by atoms with van der Waals surface area (Å²) in [5, 5.41) is 15.5. The lowest BCUT2D eigenvalue weighted by Crippen LogP contribution is -2.49. The van der Waals surface area contributed by atoms with E-state index in [-0.39, 0.29) is 35.8 Å². The number of amides is 3. The van der Waals surface area contributed by atoms with Gasteiger partial charge in [0.15, 0.2) is 0 Å². The Balaban J connectivity index is 1.45. The van der Waals surface area contributed by atoms with Crippen LogP contribution in [0.4, 0.5) is 16.2 Å². The number of carboxylic acid groups (broad SMARTS) is 1. The Kier molecular flexibility index (Phi) is 10.3. The van der Waals surface area contributed by atoms with Crippen molar-refractivity contribution >= 4 is 35.3 Å². The predicted molar refractivity (Wildman–Crippen MR) is 169 cm³/mol. The number of hydrogen-bond donors (Lipinski definition) is 3. The van der Waals surface area contributed by atoms with Gasteiger partial charge in [-0.15, -0.1) is 0 Å². The maximum atomic E-state index is 14.1. The summed E-state index contributed by atoms with van der Waals surface area (Å²) in [5.74, 6) is -1.81. The number of aliphatic carboxylic acids is 1. The van der Waals surface area contributed by atoms with E-state index >= 15 is 0 Å². The van der Waals surface area contributed by atoms with Gasteiger partial charge < -0.3 is 30.3 Å². The maximum Gasteiger partial charge on any atom is 0.409 e. The van der Waals surface area contributed by atoms with E-state index in [1.807, 2.05) is 30.3 Å². The van der Waals surface area contributed by atoms with Crippen molar-refractivity contribution in [1.82, 2.24) is 15.2 Å². The first kappa shape index (κ1) is 31.5. The largest absolute Gasteiger partial charge is 0.481 e. The normalized spacial score (nSPS) is 16.5. The fourth-order valence-electron chi connectivity index (χ4n) is 6.36. The van der Waals surface area contributed by atoms with Gasteiger partial charge in [0.05, 0.1) is 36.9 Å². The monoisotopic (exact) mass is 613 g/mol. The molecule has 1 aliphatic carbocycles. The lowest BCUT2D eigenvalue weighted by atomic mass is 9.84. The SMILES string of the molecule is COC(=O)N1CCN(c2ccc(C(=O)NC(CC(=O)O)c3cccnc3)cc2NC(=O)C(c2ccccc2)C2CCCC2)CC1. The molecule has 3 aromatic rings. The van der Waals surface area contributed by atoms with Crippen LogP contribution in [0.2, 0.25) is 0 Å². The molecule has 0 radical (unpaired) electrons. The first-order valence-corrected chi connectivity index (χ1v) is 15.3. The Hall–Kier alpha value is -4.93. The van der Waals surface area contributed by atoms with E-state index < -0.39 is 17.9 Å². The topological polar surface area (TPSA) is 141 Å². The van der Waals surface area contributed by atoms with Crippen LogP contribution in [0.25, 0.3) is 0 Å². The van der Waals surface area contributed by atoms with Crippen LogP contribution in [0.5, 0.6) is 0 Å². The summed E-state index contributed by atoms with van der Waals surface area (Å²) in [6.45, 7) is 1.91. The third-order valence-electron chi connectivity index (χ3n) is 8.65. The quantitative estimate of drug-likeness (QED) is 0.295. The lowest BCUT2D eigenvalue weighted by Gasteiger charge is -2.36. The Morgan fingerprint density at radius 1 is 0.956 bits per heavy atom. The van der Waals surface area contributed by atoms with Crippen molar-refractivity contribution in [3.8, 4) is 0 Å². The van der Waals surface area contributed by atoms with E-state index in [0.29, 0.717) is 37.4 Å². The molecule has 0 spiro atoms. The molecule has 2 atom stereocenters. The zero-order valence-corrected chi connectivity index (χ0v) is 25.4. The highest BCUT2D eigenvalue weighted by molar-refractivity contribution is 6.02. The number of benzene rings is 2. The summed E-state index contributed by atoms with van der Waals surface area (Å²) in [6, 6.07) is 17.5. The van der Waals surface area contributed by atoms with Crippen molar-refractivity contribution in [2.45, 2.75) is 44.1 Å². The number of pyridine rings is 1. The number of rotatable bonds is 10. The van der Waals surface area contributed by atoms with E-state index in [1.54, 1.807) is 41.4 Å². The molecule has 3 amide bonds. The number of ether oxygens (including phenoxy) is 1. The summed E-state index contributed by atoms with van der Waals surface area (Å²) in [7, 11) is 1.36. The molecule has 45 heavy (non-hydrogen) atoms. The summed E-state index contributed by atoms with van der Waals surface area (Å²) in [4.78, 5) is 59.1. The molecule has 1 saturated carbocycles. The first-order valence-electron chi connectivity index (χ1n) is 15.3. The number of carboxylic acids is 1. The minimum Gasteiger partial charge on any atom is -0.481 e. The number of anilines is 2. The molecule has 2 fully saturated rings. The number of aromatic nitrogens is 1. The third-order valence-corrected chi connectivity index (χ3v) is 8.65. The first-order chi connectivity index (χ1) is 21.8. The molecule has 1 aromatic heterocycles. The van der Waals surface area contributed by atoms with Gasteiger partial charge in [0.25, 0.3) is 5.91 Å². The van der Waals surface area contributed by atoms with Gasteiger partial charge in [0.1, 0.15) is 0 Å². The molecular weight excluding hydrogens is 574 g/mol. The second-order valence-electron chi connectivity index (χ2n) is 11.5. The average molecular weight is 614 g/mol. The minimum atomic E-state index is -1.06. The van der Waals surface area contributed by atoms with E-state index in [1.165, 1.54) is 13.3 Å². The van der Waals surface area contributed by atoms with Gasteiger partial charge in [-0.25, -0.2) is 4.79 Å². The second kappa shape index (κ2) is 14.7. The molecule has 2 aromatic carbocycles. The Bertz CT molecular complexity index is 1490. The fourth-order valence-corrected chi connectivity index (χ4v) is 6.36. The molecule has 236 valence electrons. The van der Waals surface area contributed by atoms with Crippen LogP contribution >= 0.6 is 0 Å². The molecule has 2 aliphatic rings. The van der Waals surface area contributed by atoms with Gasteiger partial charge >= 0.3 is 12.1 Å². The van der Waals surface area contributed by atoms with E-state index in [2.05, 4.69) is 20.5 Å². The smallest absolute Gasteiger partial charge is 0.409 e. The summed E-state index contributed by atoms with van der Waals surface area (Å²) in [6.07, 6.45) is 6.52. The molecule has 1 aliphatic heterocycles. The highest BCUT2D eigenvalue weighted by Gasteiger charge is 2.33. The highest BCUT2D eigenvalue weighted by Crippen LogP contribution is 2.39. The van der Waals surface area contributed by atoms with Crippen LogP contribution in [0.15, 0.2) is 73.1 Å². The zero-order valence-electron chi connectivity index (χ0n) is 25.4. The number of piperazine rings is 1. The molecule has 2 unspecified atom stereocenters. The average Bonchev–Trinajstić information content (AvgIpc) is 3.59. The van der Waals surface area contributed by atoms with Gasteiger partial charge in [0.2, 0.25) is 5.91 Å². The standard InChI is InChI=1S/C34H39N5O6/c1-45-34(44)39-18-16-38(17-19-39)29-14-13-25(32(42)36-27(21-30(40)41)26-12-7-15-35-22-26)20-28(29)37-33(43)31(24-10-5-6-11-24)23-8-3-2-4-9-23/h2-4,7-9,12-15,20,22,24,27,31H,5-6,10-11,16-19,21H2,1H3,(H,36,42)(H,37,43)(H,40,41). The molecule has 2 heterocycles. The number of carbonyl (C=O) groups is 4. The number of carbonyl (C=O) groups excluding carboxylic acids is 3. The van der Waals surface area contributed by atoms with Crippen LogP contribution in [0.3, 0.4) is 0 Å². The van der Waals surface area contributed by atoms with Crippen molar-refractivity contribution < 1.29 is 29.0 Å². The predicted octanol–water partition coefficient (Wildman–Crippen LogP) is 4.83. The Morgan fingerprint density at radius 3 is 2.31 bits per heavy atom. The van der Waals surface area contributed by atoms with Gasteiger partial charge in [-0.3, -0.25) is 19.4 Å². The minimum absolute atomic E-state index is 0.140. The number of methoxy groups -OCH3 is 1. The summed E-state index contributed by atoms with van der Waals surface area (Å²) in [5.41, 5.74) is 3.02. The van der Waals surface area contributed by atoms with Crippen molar-refractivity contribution in [1.29, 1.82) is 0 Å². The van der Waals surface area contributed by atoms with Gasteiger partial charge in [0, 0.05) is 44.1 Å². The Labute approximate surface area is 262 Å². The van der Waals surface area contributed by atoms with Crippen LogP contribution in [0.1, 0.15) is 65.5 Å². The van der Waals surface area contributed by atoms with Crippen LogP contribution < -0.4 is 15.5 Å². The van der Waals surface area contributed by atoms with Gasteiger partial charge in [-0.05, 0) is 54.2 Å². The van der Waals surface area contributed by atoms with Crippen molar-refractivity contribution in [2.75, 3.05) is 43.5 Å². The van der Waals surface area contributed by atoms with Crippen molar-refractivity contribution in [3.63, 3.8) is 0 Å². The molecular formula is C34H39N5O6. The number of nitrogens with zero attached hydrogens (tertiary/aromatic N) is 3. The fraction of sp³-hybridized carbons (Fsp3) is 0.382. The number of nitrogens with one attached hydrogen (secondary N) is 2. The molecule has 1 saturated heterocycles. The van der Waals surface area contributed by atoms with Gasteiger partial charge in [-0.1, -0.05) is 49.2 Å². The molecule has 5 rings (SSSR count). The zero-order chi connectivity index (χ0) is 31.8. The highest BCUT2D eigenvalue weighted by atomic mass is 16.5. The Morgan fingerprint density at radius 2 is 1.67 bits per heavy atom. The van der Waals surface area contributed by atoms with E-state index in [4.69, 9.17) is 4.74 Å². The van der Waals surface area contributed by atoms with Crippen LogP contribution in [-0.4, -0.2) is 72.2 Å². The van der Waals surface area contributed by atoms with Crippen molar-refractivity contribution in [3.05, 3.63) is 89.7 Å². The second-order valence-corrected chi connectivity index (χ2v) is 11.5. The molecule has 11 heteroatoms. The molecule has 3 N–H and O–H groups in total. The maximum absolute atomic E-state index is 14.1. The molecule has 0 bridgehead atoms.